The molecule has 0 aliphatic carbocycles. The van der Waals surface area contributed by atoms with Gasteiger partial charge >= 0.3 is 17.9 Å². The molecule has 0 aromatic heterocycles. The average molecular weight is 962 g/mol. The van der Waals surface area contributed by atoms with Gasteiger partial charge < -0.3 is 14.2 Å². The third-order valence-corrected chi connectivity index (χ3v) is 12.5. The minimum atomic E-state index is -0.796. The molecule has 6 nitrogen and oxygen atoms in total. The molecule has 6 heteroatoms. The van der Waals surface area contributed by atoms with Gasteiger partial charge in [-0.1, -0.05) is 254 Å². The van der Waals surface area contributed by atoms with Crippen LogP contribution in [-0.4, -0.2) is 37.2 Å². The van der Waals surface area contributed by atoms with Crippen molar-refractivity contribution in [3.8, 4) is 0 Å². The first-order valence-electron chi connectivity index (χ1n) is 29.2. The summed E-state index contributed by atoms with van der Waals surface area (Å²) >= 11 is 0. The summed E-state index contributed by atoms with van der Waals surface area (Å²) in [5.41, 5.74) is 0. The summed E-state index contributed by atoms with van der Waals surface area (Å²) in [6.07, 6.45) is 74.3. The van der Waals surface area contributed by atoms with Gasteiger partial charge in [0.25, 0.3) is 0 Å². The van der Waals surface area contributed by atoms with Gasteiger partial charge in [0.15, 0.2) is 6.10 Å². The Morgan fingerprint density at radius 3 is 0.913 bits per heavy atom. The van der Waals surface area contributed by atoms with E-state index >= 15 is 0 Å². The zero-order valence-corrected chi connectivity index (χ0v) is 45.3. The molecule has 0 amide bonds. The zero-order chi connectivity index (χ0) is 50.0. The molecule has 396 valence electrons. The Bertz CT molecular complexity index is 1330. The highest BCUT2D eigenvalue weighted by atomic mass is 16.6. The Hall–Kier alpha value is -3.41. The second kappa shape index (κ2) is 57.2. The molecule has 0 N–H and O–H groups in total. The molecule has 0 aromatic carbocycles. The van der Waals surface area contributed by atoms with Gasteiger partial charge in [0.05, 0.1) is 0 Å². The first kappa shape index (κ1) is 65.6. The molecular weight excluding hydrogens is 853 g/mol. The van der Waals surface area contributed by atoms with Gasteiger partial charge in [-0.3, -0.25) is 14.4 Å². The topological polar surface area (TPSA) is 78.9 Å². The normalized spacial score (nSPS) is 12.7. The summed E-state index contributed by atoms with van der Waals surface area (Å²) in [4.78, 5) is 38.2. The molecule has 1 unspecified atom stereocenters. The van der Waals surface area contributed by atoms with Crippen LogP contribution in [0.2, 0.25) is 0 Å². The first-order chi connectivity index (χ1) is 34.0. The largest absolute Gasteiger partial charge is 0.462 e. The van der Waals surface area contributed by atoms with Crippen molar-refractivity contribution in [2.24, 2.45) is 0 Å². The fourth-order valence-electron chi connectivity index (χ4n) is 8.09. The fourth-order valence-corrected chi connectivity index (χ4v) is 8.09. The number of allylic oxidation sites excluding steroid dienone is 14. The second-order valence-corrected chi connectivity index (χ2v) is 19.3. The maximum absolute atomic E-state index is 12.9. The van der Waals surface area contributed by atoms with Gasteiger partial charge in [-0.15, -0.1) is 0 Å². The van der Waals surface area contributed by atoms with Crippen LogP contribution < -0.4 is 0 Å². The fraction of sp³-hybridized carbons (Fsp3) is 0.730. The number of hydrogen-bond acceptors (Lipinski definition) is 6. The lowest BCUT2D eigenvalue weighted by Gasteiger charge is -2.18. The summed E-state index contributed by atoms with van der Waals surface area (Å²) in [6, 6.07) is 0. The molecule has 0 fully saturated rings. The van der Waals surface area contributed by atoms with Crippen LogP contribution >= 0.6 is 0 Å². The Morgan fingerprint density at radius 1 is 0.304 bits per heavy atom. The van der Waals surface area contributed by atoms with Crippen molar-refractivity contribution >= 4 is 17.9 Å². The molecule has 0 radical (unpaired) electrons. The van der Waals surface area contributed by atoms with Gasteiger partial charge in [0, 0.05) is 19.3 Å². The molecule has 0 bridgehead atoms. The molecule has 0 aliphatic heterocycles. The van der Waals surface area contributed by atoms with Crippen LogP contribution in [0.5, 0.6) is 0 Å². The molecule has 0 rings (SSSR count). The van der Waals surface area contributed by atoms with Gasteiger partial charge in [0.1, 0.15) is 13.2 Å². The number of carbonyl (C=O) groups excluding carboxylic acids is 3. The highest BCUT2D eigenvalue weighted by Crippen LogP contribution is 2.15. The highest BCUT2D eigenvalue weighted by molar-refractivity contribution is 5.71. The van der Waals surface area contributed by atoms with Crippen LogP contribution in [0.1, 0.15) is 278 Å². The molecule has 0 saturated carbocycles. The predicted octanol–water partition coefficient (Wildman–Crippen LogP) is 19.5. The van der Waals surface area contributed by atoms with E-state index in [1.54, 1.807) is 0 Å². The van der Waals surface area contributed by atoms with E-state index in [1.807, 2.05) is 0 Å². The number of carbonyl (C=O) groups is 3. The summed E-state index contributed by atoms with van der Waals surface area (Å²) in [5, 5.41) is 0. The van der Waals surface area contributed by atoms with Crippen LogP contribution in [0.15, 0.2) is 85.1 Å². The van der Waals surface area contributed by atoms with E-state index in [0.717, 1.165) is 109 Å². The maximum Gasteiger partial charge on any atom is 0.306 e. The Morgan fingerprint density at radius 2 is 0.580 bits per heavy atom. The zero-order valence-electron chi connectivity index (χ0n) is 45.3. The van der Waals surface area contributed by atoms with Crippen molar-refractivity contribution in [2.75, 3.05) is 13.2 Å². The number of hydrogen-bond donors (Lipinski definition) is 0. The maximum atomic E-state index is 12.9. The van der Waals surface area contributed by atoms with Crippen molar-refractivity contribution in [3.05, 3.63) is 85.1 Å². The molecule has 1 atom stereocenters. The van der Waals surface area contributed by atoms with Crippen LogP contribution in [0.25, 0.3) is 0 Å². The molecule has 0 spiro atoms. The van der Waals surface area contributed by atoms with Gasteiger partial charge in [-0.2, -0.15) is 0 Å². The van der Waals surface area contributed by atoms with Crippen LogP contribution in [0, 0.1) is 0 Å². The lowest BCUT2D eigenvalue weighted by molar-refractivity contribution is -0.167. The second-order valence-electron chi connectivity index (χ2n) is 19.3. The molecule has 0 aromatic rings. The van der Waals surface area contributed by atoms with E-state index in [-0.39, 0.29) is 31.1 Å². The van der Waals surface area contributed by atoms with E-state index < -0.39 is 6.10 Å². The monoisotopic (exact) mass is 961 g/mol. The van der Waals surface area contributed by atoms with E-state index in [9.17, 15) is 14.4 Å². The molecule has 0 heterocycles. The van der Waals surface area contributed by atoms with Crippen molar-refractivity contribution < 1.29 is 28.6 Å². The van der Waals surface area contributed by atoms with Gasteiger partial charge in [0.2, 0.25) is 0 Å². The standard InChI is InChI=1S/C63H108O6/c1-4-7-10-13-16-19-22-25-28-30-32-35-38-41-44-47-50-53-56-62(65)68-59-60(58-67-61(64)55-52-49-46-43-40-37-34-27-24-21-18-15-12-9-6-3)69-63(66)57-54-51-48-45-42-39-36-33-31-29-26-23-20-17-14-11-8-5-2/h9,12,15,18,21-22,24-25,28,30,32-33,35-36,60H,4-8,10-11,13-14,16-17,19-20,23,26-27,29,31,34,37-59H2,1-3H3/b12-9-,18-15-,24-21-,25-22-,30-28-,35-32-,36-33-. The third-order valence-electron chi connectivity index (χ3n) is 12.5. The lowest BCUT2D eigenvalue weighted by atomic mass is 10.1. The van der Waals surface area contributed by atoms with Crippen LogP contribution in [0.4, 0.5) is 0 Å². The van der Waals surface area contributed by atoms with Crippen molar-refractivity contribution in [1.82, 2.24) is 0 Å². The SMILES string of the molecule is CC\C=C/C=C\C=C/CCCCCCCCCC(=O)OCC(COC(=O)CCCCCCC\C=C/C=C\C=C/CCCCCCC)OC(=O)CCCCCCC/C=C\CCCCCCCCCCC. The Balaban J connectivity index is 4.45. The Labute approximate surface area is 426 Å². The predicted molar refractivity (Wildman–Crippen MR) is 297 cm³/mol. The summed E-state index contributed by atoms with van der Waals surface area (Å²) in [5.74, 6) is -0.926. The smallest absolute Gasteiger partial charge is 0.306 e. The lowest BCUT2D eigenvalue weighted by Crippen LogP contribution is -2.30. The first-order valence-corrected chi connectivity index (χ1v) is 29.2. The third kappa shape index (κ3) is 55.4. The van der Waals surface area contributed by atoms with Crippen molar-refractivity contribution in [1.29, 1.82) is 0 Å². The minimum Gasteiger partial charge on any atom is -0.462 e. The Kier molecular flexibility index (Phi) is 54.3. The minimum absolute atomic E-state index is 0.0930. The molecular formula is C63H108O6. The van der Waals surface area contributed by atoms with E-state index in [1.165, 1.54) is 128 Å². The van der Waals surface area contributed by atoms with E-state index in [0.29, 0.717) is 19.3 Å². The average Bonchev–Trinajstić information content (AvgIpc) is 3.35. The molecule has 0 saturated heterocycles. The van der Waals surface area contributed by atoms with Gasteiger partial charge in [-0.05, 0) is 89.9 Å². The van der Waals surface area contributed by atoms with Gasteiger partial charge in [-0.25, -0.2) is 0 Å². The molecule has 69 heavy (non-hydrogen) atoms. The van der Waals surface area contributed by atoms with Crippen molar-refractivity contribution in [3.63, 3.8) is 0 Å². The molecule has 0 aliphatic rings. The van der Waals surface area contributed by atoms with E-state index in [2.05, 4.69) is 106 Å². The summed E-state index contributed by atoms with van der Waals surface area (Å²) in [7, 11) is 0. The quantitative estimate of drug-likeness (QED) is 0.0199. The number of ether oxygens (including phenoxy) is 3. The summed E-state index contributed by atoms with van der Waals surface area (Å²) in [6.45, 7) is 6.48. The van der Waals surface area contributed by atoms with Crippen molar-refractivity contribution in [2.45, 2.75) is 284 Å². The number of unbranched alkanes of at least 4 members (excludes halogenated alkanes) is 31. The number of esters is 3. The summed E-state index contributed by atoms with van der Waals surface area (Å²) < 4.78 is 16.9. The number of rotatable bonds is 52. The highest BCUT2D eigenvalue weighted by Gasteiger charge is 2.19. The van der Waals surface area contributed by atoms with Crippen LogP contribution in [-0.2, 0) is 28.6 Å². The van der Waals surface area contributed by atoms with E-state index in [4.69, 9.17) is 14.2 Å². The van der Waals surface area contributed by atoms with Crippen LogP contribution in [0.3, 0.4) is 0 Å².